The van der Waals surface area contributed by atoms with E-state index in [-0.39, 0.29) is 30.3 Å². The molecule has 0 aliphatic rings. The van der Waals surface area contributed by atoms with Crippen LogP contribution < -0.4 is 21.6 Å². The van der Waals surface area contributed by atoms with Gasteiger partial charge in [0, 0.05) is 33.4 Å². The molecule has 142 valence electrons. The molecular weight excluding hydrogens is 350 g/mol. The van der Waals surface area contributed by atoms with Crippen molar-refractivity contribution in [1.29, 1.82) is 0 Å². The molecular formula is C17H21N7O3. The number of benzene rings is 1. The summed E-state index contributed by atoms with van der Waals surface area (Å²) in [6, 6.07) is 7.78. The molecule has 3 aromatic rings. The number of fused-ring (bicyclic) bond motifs is 1. The van der Waals surface area contributed by atoms with Crippen LogP contribution in [0, 0.1) is 0 Å². The van der Waals surface area contributed by atoms with E-state index >= 15 is 0 Å². The van der Waals surface area contributed by atoms with Gasteiger partial charge in [-0.1, -0.05) is 12.1 Å². The smallest absolute Gasteiger partial charge is 0.329 e. The third-order valence-corrected chi connectivity index (χ3v) is 4.12. The average molecular weight is 371 g/mol. The molecule has 27 heavy (non-hydrogen) atoms. The molecule has 2 heterocycles. The Morgan fingerprint density at radius 3 is 2.63 bits per heavy atom. The fourth-order valence-electron chi connectivity index (χ4n) is 2.66. The number of aromatic nitrogens is 4. The Kier molecular flexibility index (Phi) is 5.08. The number of nitrogens with zero attached hydrogens (tertiary/aromatic N) is 5. The molecule has 3 N–H and O–H groups in total. The second kappa shape index (κ2) is 7.46. The average Bonchev–Trinajstić information content (AvgIpc) is 3.00. The van der Waals surface area contributed by atoms with Gasteiger partial charge in [0.15, 0.2) is 11.2 Å². The number of nitrogens with one attached hydrogen (secondary N) is 2. The van der Waals surface area contributed by atoms with Crippen molar-refractivity contribution >= 4 is 29.0 Å². The molecule has 0 bridgehead atoms. The van der Waals surface area contributed by atoms with Crippen LogP contribution >= 0.6 is 0 Å². The molecule has 0 saturated heterocycles. The van der Waals surface area contributed by atoms with E-state index in [4.69, 9.17) is 0 Å². The standard InChI is InChI=1S/C17H21N7O3/c1-22(2)12-6-4-11(5-7-12)10-18-21-16-19-14-13(24(16)8-9-25)15(26)20-17(27)23(14)3/h4-7,10,25H,8-9H2,1-3H3,(H,19,21)(H,20,26,27)/b18-10+. The molecule has 3 rings (SSSR count). The molecule has 0 radical (unpaired) electrons. The Hall–Kier alpha value is -3.40. The van der Waals surface area contributed by atoms with E-state index in [2.05, 4.69) is 20.5 Å². The van der Waals surface area contributed by atoms with Gasteiger partial charge in [-0.2, -0.15) is 10.1 Å². The Balaban J connectivity index is 1.93. The summed E-state index contributed by atoms with van der Waals surface area (Å²) in [4.78, 5) is 32.4. The highest BCUT2D eigenvalue weighted by Crippen LogP contribution is 2.15. The van der Waals surface area contributed by atoms with E-state index in [1.807, 2.05) is 43.3 Å². The lowest BCUT2D eigenvalue weighted by Gasteiger charge is -2.11. The van der Waals surface area contributed by atoms with E-state index in [1.165, 1.54) is 16.2 Å². The lowest BCUT2D eigenvalue weighted by molar-refractivity contribution is 0.278. The second-order valence-electron chi connectivity index (χ2n) is 6.16. The normalized spacial score (nSPS) is 11.4. The van der Waals surface area contributed by atoms with Crippen molar-refractivity contribution in [2.75, 3.05) is 31.0 Å². The van der Waals surface area contributed by atoms with Gasteiger partial charge in [0.2, 0.25) is 5.95 Å². The first kappa shape index (κ1) is 18.4. The van der Waals surface area contributed by atoms with Crippen LogP contribution in [0.1, 0.15) is 5.56 Å². The zero-order valence-corrected chi connectivity index (χ0v) is 15.3. The highest BCUT2D eigenvalue weighted by molar-refractivity contribution is 5.81. The van der Waals surface area contributed by atoms with E-state index < -0.39 is 11.2 Å². The number of rotatable bonds is 6. The highest BCUT2D eigenvalue weighted by Gasteiger charge is 2.16. The molecule has 10 nitrogen and oxygen atoms in total. The molecule has 0 unspecified atom stereocenters. The number of imidazole rings is 1. The fourth-order valence-corrected chi connectivity index (χ4v) is 2.66. The first-order chi connectivity index (χ1) is 12.9. The lowest BCUT2D eigenvalue weighted by Crippen LogP contribution is -2.29. The first-order valence-electron chi connectivity index (χ1n) is 8.29. The largest absolute Gasteiger partial charge is 0.395 e. The Bertz CT molecular complexity index is 1090. The SMILES string of the molecule is CN(C)c1ccc(/C=N/Nc2nc3c(c(=O)[nH]c(=O)n3C)n2CCO)cc1. The van der Waals surface area contributed by atoms with E-state index in [1.54, 1.807) is 6.21 Å². The summed E-state index contributed by atoms with van der Waals surface area (Å²) in [5.41, 5.74) is 4.02. The molecule has 1 aromatic carbocycles. The van der Waals surface area contributed by atoms with E-state index in [0.717, 1.165) is 11.3 Å². The van der Waals surface area contributed by atoms with Crippen molar-refractivity contribution < 1.29 is 5.11 Å². The van der Waals surface area contributed by atoms with Gasteiger partial charge in [0.1, 0.15) is 0 Å². The summed E-state index contributed by atoms with van der Waals surface area (Å²) in [5, 5.41) is 13.5. The summed E-state index contributed by atoms with van der Waals surface area (Å²) < 4.78 is 2.72. The number of H-pyrrole nitrogens is 1. The van der Waals surface area contributed by atoms with Gasteiger partial charge in [-0.25, -0.2) is 10.2 Å². The van der Waals surface area contributed by atoms with Crippen molar-refractivity contribution in [3.8, 4) is 0 Å². The Morgan fingerprint density at radius 1 is 1.30 bits per heavy atom. The maximum Gasteiger partial charge on any atom is 0.329 e. The summed E-state index contributed by atoms with van der Waals surface area (Å²) >= 11 is 0. The molecule has 0 aliphatic heterocycles. The number of hydrogen-bond acceptors (Lipinski definition) is 7. The number of aryl methyl sites for hydroxylation is 1. The minimum atomic E-state index is -0.564. The van der Waals surface area contributed by atoms with Gasteiger partial charge < -0.3 is 14.6 Å². The van der Waals surface area contributed by atoms with Crippen molar-refractivity contribution in [1.82, 2.24) is 19.1 Å². The van der Waals surface area contributed by atoms with Gasteiger partial charge in [-0.3, -0.25) is 14.3 Å². The topological polar surface area (TPSA) is 121 Å². The molecule has 0 spiro atoms. The van der Waals surface area contributed by atoms with Crippen LogP contribution in [0.4, 0.5) is 11.6 Å². The molecule has 0 atom stereocenters. The molecule has 0 aliphatic carbocycles. The number of aliphatic hydroxyl groups excluding tert-OH is 1. The minimum Gasteiger partial charge on any atom is -0.395 e. The van der Waals surface area contributed by atoms with Crippen LogP contribution in [-0.4, -0.2) is 51.1 Å². The van der Waals surface area contributed by atoms with Crippen molar-refractivity contribution in [3.63, 3.8) is 0 Å². The zero-order valence-electron chi connectivity index (χ0n) is 15.3. The Labute approximate surface area is 154 Å². The third-order valence-electron chi connectivity index (χ3n) is 4.12. The van der Waals surface area contributed by atoms with Gasteiger partial charge in [-0.05, 0) is 17.7 Å². The molecule has 2 aromatic heterocycles. The van der Waals surface area contributed by atoms with Crippen LogP contribution in [-0.2, 0) is 13.6 Å². The second-order valence-corrected chi connectivity index (χ2v) is 6.16. The summed E-state index contributed by atoms with van der Waals surface area (Å²) in [5.74, 6) is 0.256. The van der Waals surface area contributed by atoms with Crippen LogP contribution in [0.3, 0.4) is 0 Å². The van der Waals surface area contributed by atoms with Crippen LogP contribution in [0.25, 0.3) is 11.2 Å². The van der Waals surface area contributed by atoms with Gasteiger partial charge in [0.05, 0.1) is 12.8 Å². The predicted molar refractivity (Wildman–Crippen MR) is 105 cm³/mol. The number of aromatic amines is 1. The van der Waals surface area contributed by atoms with Crippen molar-refractivity contribution in [2.24, 2.45) is 12.1 Å². The van der Waals surface area contributed by atoms with Gasteiger partial charge >= 0.3 is 5.69 Å². The number of hydrazone groups is 1. The molecule has 10 heteroatoms. The van der Waals surface area contributed by atoms with Gasteiger partial charge in [0.25, 0.3) is 5.56 Å². The first-order valence-corrected chi connectivity index (χ1v) is 8.29. The van der Waals surface area contributed by atoms with Crippen molar-refractivity contribution in [2.45, 2.75) is 6.54 Å². The quantitative estimate of drug-likeness (QED) is 0.412. The summed E-state index contributed by atoms with van der Waals surface area (Å²) in [6.45, 7) is -0.0642. The summed E-state index contributed by atoms with van der Waals surface area (Å²) in [7, 11) is 5.44. The maximum absolute atomic E-state index is 12.2. The maximum atomic E-state index is 12.2. The van der Waals surface area contributed by atoms with Crippen LogP contribution in [0.5, 0.6) is 0 Å². The van der Waals surface area contributed by atoms with E-state index in [9.17, 15) is 14.7 Å². The molecule has 0 saturated carbocycles. The summed E-state index contributed by atoms with van der Waals surface area (Å²) in [6.07, 6.45) is 1.62. The van der Waals surface area contributed by atoms with Crippen molar-refractivity contribution in [3.05, 3.63) is 50.7 Å². The number of hydrogen-bond donors (Lipinski definition) is 3. The highest BCUT2D eigenvalue weighted by atomic mass is 16.3. The van der Waals surface area contributed by atoms with Crippen LogP contribution in [0.2, 0.25) is 0 Å². The third kappa shape index (κ3) is 3.60. The number of aliphatic hydroxyl groups is 1. The van der Waals surface area contributed by atoms with E-state index in [0.29, 0.717) is 0 Å². The number of anilines is 2. The fraction of sp³-hybridized carbons (Fsp3) is 0.294. The molecule has 0 fully saturated rings. The predicted octanol–water partition coefficient (Wildman–Crippen LogP) is -0.0724. The van der Waals surface area contributed by atoms with Crippen LogP contribution in [0.15, 0.2) is 39.0 Å². The molecule has 0 amide bonds. The lowest BCUT2D eigenvalue weighted by atomic mass is 10.2. The zero-order chi connectivity index (χ0) is 19.6. The van der Waals surface area contributed by atoms with Gasteiger partial charge in [-0.15, -0.1) is 0 Å². The Morgan fingerprint density at radius 2 is 2.00 bits per heavy atom. The monoisotopic (exact) mass is 371 g/mol. The minimum absolute atomic E-state index is 0.132.